The van der Waals surface area contributed by atoms with Crippen molar-refractivity contribution in [2.75, 3.05) is 79.7 Å². The first-order chi connectivity index (χ1) is 26.8. The number of hydrogen-bond acceptors (Lipinski definition) is 8. The number of rotatable bonds is 10. The van der Waals surface area contributed by atoms with E-state index in [2.05, 4.69) is 9.80 Å². The zero-order valence-electron chi connectivity index (χ0n) is 31.3. The van der Waals surface area contributed by atoms with Crippen LogP contribution in [0.3, 0.4) is 0 Å². The highest BCUT2D eigenvalue weighted by molar-refractivity contribution is 5.71. The Morgan fingerprint density at radius 1 is 0.500 bits per heavy atom. The Morgan fingerprint density at radius 3 is 1.12 bits per heavy atom. The monoisotopic (exact) mass is 784 g/mol. The van der Waals surface area contributed by atoms with Gasteiger partial charge in [0.1, 0.15) is 0 Å². The van der Waals surface area contributed by atoms with E-state index in [4.69, 9.17) is 9.47 Å². The first-order valence-electron chi connectivity index (χ1n) is 18.3. The largest absolute Gasteiger partial charge is 0.468 e. The third kappa shape index (κ3) is 11.6. The van der Waals surface area contributed by atoms with Crippen LogP contribution in [0.5, 0.6) is 0 Å². The molecule has 0 aliphatic carbocycles. The minimum atomic E-state index is -4.38. The van der Waals surface area contributed by atoms with E-state index in [1.807, 2.05) is 70.5 Å². The van der Waals surface area contributed by atoms with Crippen molar-refractivity contribution >= 4 is 11.9 Å². The van der Waals surface area contributed by atoms with E-state index >= 15 is 0 Å². The van der Waals surface area contributed by atoms with Crippen LogP contribution in [-0.4, -0.2) is 111 Å². The Bertz CT molecular complexity index is 1710. The summed E-state index contributed by atoms with van der Waals surface area (Å²) in [6.07, 6.45) is -8.76. The van der Waals surface area contributed by atoms with Crippen LogP contribution in [0, 0.1) is 0 Å². The first kappa shape index (κ1) is 42.4. The molecule has 0 unspecified atom stereocenters. The highest BCUT2D eigenvalue weighted by atomic mass is 19.4. The van der Waals surface area contributed by atoms with E-state index in [1.54, 1.807) is 12.1 Å². The Kier molecular flexibility index (Phi) is 14.7. The first-order valence-corrected chi connectivity index (χ1v) is 18.3. The molecule has 14 heteroatoms. The zero-order valence-corrected chi connectivity index (χ0v) is 31.3. The summed E-state index contributed by atoms with van der Waals surface area (Å²) in [4.78, 5) is 31.3. The van der Waals surface area contributed by atoms with Crippen molar-refractivity contribution < 1.29 is 45.4 Å². The van der Waals surface area contributed by atoms with Crippen LogP contribution in [-0.2, 0) is 31.4 Å². The van der Waals surface area contributed by atoms with Crippen LogP contribution in [0.1, 0.15) is 45.5 Å². The fourth-order valence-corrected chi connectivity index (χ4v) is 7.12. The molecule has 2 heterocycles. The second-order valence-corrected chi connectivity index (χ2v) is 13.6. The maximum atomic E-state index is 13.2. The molecule has 8 nitrogen and oxygen atoms in total. The van der Waals surface area contributed by atoms with Crippen LogP contribution in [0.25, 0.3) is 0 Å². The molecule has 0 saturated carbocycles. The summed E-state index contributed by atoms with van der Waals surface area (Å²) >= 11 is 0. The van der Waals surface area contributed by atoms with E-state index < -0.39 is 23.5 Å². The normalized spacial score (nSPS) is 17.3. The standard InChI is InChI=1S/2C21H23F3N2O2/c2*1-28-19(27)15-25-10-12-26(13-11-25)20(16-6-3-2-4-7-16)17-8-5-9-18(14-17)21(22,23)24/h2*2-9,14,20H,10-13,15H2,1H3/t2*20-/m10/s1. The summed E-state index contributed by atoms with van der Waals surface area (Å²) in [5.41, 5.74) is 1.84. The molecule has 56 heavy (non-hydrogen) atoms. The second-order valence-electron chi connectivity index (χ2n) is 13.6. The van der Waals surface area contributed by atoms with Crippen molar-refractivity contribution in [3.05, 3.63) is 143 Å². The predicted molar refractivity (Wildman–Crippen MR) is 200 cm³/mol. The van der Waals surface area contributed by atoms with Gasteiger partial charge in [-0.05, 0) is 46.5 Å². The second kappa shape index (κ2) is 19.4. The molecule has 300 valence electrons. The smallest absolute Gasteiger partial charge is 0.416 e. The topological polar surface area (TPSA) is 65.6 Å². The molecule has 4 aromatic rings. The van der Waals surface area contributed by atoms with E-state index in [-0.39, 0.29) is 37.1 Å². The van der Waals surface area contributed by atoms with Gasteiger partial charge in [0.15, 0.2) is 0 Å². The Balaban J connectivity index is 0.000000214. The molecular formula is C42H46F6N4O4. The van der Waals surface area contributed by atoms with Gasteiger partial charge >= 0.3 is 24.3 Å². The van der Waals surface area contributed by atoms with Gasteiger partial charge in [-0.25, -0.2) is 0 Å². The molecule has 4 aromatic carbocycles. The van der Waals surface area contributed by atoms with Crippen molar-refractivity contribution in [3.8, 4) is 0 Å². The molecule has 0 radical (unpaired) electrons. The number of carbonyl (C=O) groups excluding carboxylic acids is 2. The molecule has 2 fully saturated rings. The summed E-state index contributed by atoms with van der Waals surface area (Å²) in [7, 11) is 2.72. The lowest BCUT2D eigenvalue weighted by molar-refractivity contribution is -0.143. The lowest BCUT2D eigenvalue weighted by Crippen LogP contribution is -2.49. The highest BCUT2D eigenvalue weighted by Gasteiger charge is 2.34. The van der Waals surface area contributed by atoms with E-state index in [0.717, 1.165) is 23.3 Å². The van der Waals surface area contributed by atoms with E-state index in [1.165, 1.54) is 38.5 Å². The molecule has 0 aromatic heterocycles. The number of piperazine rings is 2. The molecule has 2 aliphatic rings. The molecular weight excluding hydrogens is 738 g/mol. The van der Waals surface area contributed by atoms with Crippen LogP contribution in [0.2, 0.25) is 0 Å². The SMILES string of the molecule is COC(=O)CN1CCN([C@@H](c2ccccc2)c2cccc(C(F)(F)F)c2)CC1.COC(=O)CN1CCN([C@H](c2ccccc2)c2cccc(C(F)(F)F)c2)CC1. The summed E-state index contributed by atoms with van der Waals surface area (Å²) in [5, 5.41) is 0. The molecule has 0 spiro atoms. The number of esters is 2. The Hall–Kier alpha value is -4.76. The van der Waals surface area contributed by atoms with Crippen molar-refractivity contribution in [3.63, 3.8) is 0 Å². The van der Waals surface area contributed by atoms with Crippen LogP contribution in [0.15, 0.2) is 109 Å². The average Bonchev–Trinajstić information content (AvgIpc) is 3.20. The van der Waals surface area contributed by atoms with Crippen LogP contribution in [0.4, 0.5) is 26.3 Å². The third-order valence-corrected chi connectivity index (χ3v) is 9.99. The van der Waals surface area contributed by atoms with Crippen molar-refractivity contribution in [2.24, 2.45) is 0 Å². The molecule has 0 amide bonds. The fraction of sp³-hybridized carbons (Fsp3) is 0.381. The number of hydrogen-bond donors (Lipinski definition) is 0. The summed E-state index contributed by atoms with van der Waals surface area (Å²) in [5.74, 6) is -0.572. The Morgan fingerprint density at radius 2 is 0.821 bits per heavy atom. The average molecular weight is 785 g/mol. The number of alkyl halides is 6. The summed E-state index contributed by atoms with van der Waals surface area (Å²) in [6.45, 7) is 5.64. The summed E-state index contributed by atoms with van der Waals surface area (Å²) in [6, 6.07) is 29.6. The quantitative estimate of drug-likeness (QED) is 0.124. The van der Waals surface area contributed by atoms with Crippen LogP contribution >= 0.6 is 0 Å². The molecule has 6 rings (SSSR count). The van der Waals surface area contributed by atoms with Crippen molar-refractivity contribution in [2.45, 2.75) is 24.4 Å². The predicted octanol–water partition coefficient (Wildman–Crippen LogP) is 7.17. The third-order valence-electron chi connectivity index (χ3n) is 9.99. The molecule has 2 aliphatic heterocycles. The number of nitrogens with zero attached hydrogens (tertiary/aromatic N) is 4. The summed E-state index contributed by atoms with van der Waals surface area (Å²) < 4.78 is 88.7. The van der Waals surface area contributed by atoms with Crippen molar-refractivity contribution in [1.29, 1.82) is 0 Å². The number of carbonyl (C=O) groups is 2. The number of methoxy groups -OCH3 is 2. The molecule has 0 N–H and O–H groups in total. The lowest BCUT2D eigenvalue weighted by Gasteiger charge is -2.39. The number of benzene rings is 4. The molecule has 0 bridgehead atoms. The minimum absolute atomic E-state index is 0.226. The zero-order chi connectivity index (χ0) is 40.3. The molecule has 2 atom stereocenters. The minimum Gasteiger partial charge on any atom is -0.468 e. The van der Waals surface area contributed by atoms with Gasteiger partial charge in [-0.3, -0.25) is 29.2 Å². The van der Waals surface area contributed by atoms with Gasteiger partial charge in [0.25, 0.3) is 0 Å². The molecule has 2 saturated heterocycles. The Labute approximate surface area is 323 Å². The number of halogens is 6. The van der Waals surface area contributed by atoms with Gasteiger partial charge in [-0.15, -0.1) is 0 Å². The van der Waals surface area contributed by atoms with Gasteiger partial charge in [0.05, 0.1) is 50.5 Å². The fourth-order valence-electron chi connectivity index (χ4n) is 7.12. The lowest BCUT2D eigenvalue weighted by atomic mass is 9.95. The van der Waals surface area contributed by atoms with Crippen molar-refractivity contribution in [1.82, 2.24) is 19.6 Å². The van der Waals surface area contributed by atoms with Gasteiger partial charge in [-0.1, -0.05) is 84.9 Å². The van der Waals surface area contributed by atoms with Gasteiger partial charge < -0.3 is 9.47 Å². The van der Waals surface area contributed by atoms with E-state index in [0.29, 0.717) is 63.5 Å². The van der Waals surface area contributed by atoms with E-state index in [9.17, 15) is 35.9 Å². The highest BCUT2D eigenvalue weighted by Crippen LogP contribution is 2.36. The maximum Gasteiger partial charge on any atom is 0.416 e. The van der Waals surface area contributed by atoms with Crippen LogP contribution < -0.4 is 0 Å². The maximum absolute atomic E-state index is 13.2. The number of ether oxygens (including phenoxy) is 2. The van der Waals surface area contributed by atoms with Gasteiger partial charge in [0.2, 0.25) is 0 Å². The van der Waals surface area contributed by atoms with Gasteiger partial charge in [0, 0.05) is 52.4 Å². The van der Waals surface area contributed by atoms with Gasteiger partial charge in [-0.2, -0.15) is 26.3 Å².